The summed E-state index contributed by atoms with van der Waals surface area (Å²) < 4.78 is 0. The Hall–Kier alpha value is -3.09. The number of nitrogens with one attached hydrogen (secondary N) is 1. The summed E-state index contributed by atoms with van der Waals surface area (Å²) in [5.41, 5.74) is -0.329. The molecule has 0 aliphatic rings. The van der Waals surface area contributed by atoms with Crippen molar-refractivity contribution in [3.05, 3.63) is 58.1 Å². The Morgan fingerprint density at radius 2 is 1.70 bits per heavy atom. The van der Waals surface area contributed by atoms with E-state index in [1.165, 1.54) is 36.4 Å². The second-order valence-electron chi connectivity index (χ2n) is 3.93. The number of nitro groups is 1. The van der Waals surface area contributed by atoms with Crippen molar-refractivity contribution >= 4 is 17.3 Å². The van der Waals surface area contributed by atoms with Gasteiger partial charge in [-0.1, -0.05) is 12.1 Å². The smallest absolute Gasteiger partial charge is 0.270 e. The topological polar surface area (TPSA) is 113 Å². The molecular formula is C13H10N2O5. The predicted molar refractivity (Wildman–Crippen MR) is 70.8 cm³/mol. The molecule has 0 radical (unpaired) electrons. The Kier molecular flexibility index (Phi) is 3.52. The summed E-state index contributed by atoms with van der Waals surface area (Å²) in [4.78, 5) is 22.0. The fourth-order valence-corrected chi connectivity index (χ4v) is 1.60. The summed E-state index contributed by atoms with van der Waals surface area (Å²) in [6.45, 7) is 0. The van der Waals surface area contributed by atoms with E-state index >= 15 is 0 Å². The molecule has 7 heteroatoms. The first kappa shape index (κ1) is 13.3. The molecule has 102 valence electrons. The molecule has 0 saturated carbocycles. The van der Waals surface area contributed by atoms with Gasteiger partial charge in [0, 0.05) is 17.7 Å². The molecule has 0 saturated heterocycles. The molecule has 2 aromatic carbocycles. The van der Waals surface area contributed by atoms with Gasteiger partial charge in [-0.3, -0.25) is 14.9 Å². The highest BCUT2D eigenvalue weighted by Gasteiger charge is 2.15. The first-order valence-corrected chi connectivity index (χ1v) is 5.56. The molecule has 3 N–H and O–H groups in total. The third kappa shape index (κ3) is 2.66. The van der Waals surface area contributed by atoms with Crippen LogP contribution in [-0.2, 0) is 0 Å². The van der Waals surface area contributed by atoms with E-state index < -0.39 is 10.8 Å². The van der Waals surface area contributed by atoms with Gasteiger partial charge < -0.3 is 15.5 Å². The van der Waals surface area contributed by atoms with Crippen LogP contribution in [0.25, 0.3) is 0 Å². The van der Waals surface area contributed by atoms with Gasteiger partial charge in [0.1, 0.15) is 17.2 Å². The van der Waals surface area contributed by atoms with E-state index in [9.17, 15) is 25.1 Å². The molecule has 0 atom stereocenters. The molecule has 0 bridgehead atoms. The maximum atomic E-state index is 11.9. The summed E-state index contributed by atoms with van der Waals surface area (Å²) in [5, 5.41) is 32.0. The fraction of sp³-hybridized carbons (Fsp3) is 0. The molecule has 0 fully saturated rings. The summed E-state index contributed by atoms with van der Waals surface area (Å²) in [6.07, 6.45) is 0. The van der Waals surface area contributed by atoms with E-state index in [1.807, 2.05) is 0 Å². The minimum atomic E-state index is -0.675. The first-order valence-electron chi connectivity index (χ1n) is 5.56. The van der Waals surface area contributed by atoms with Crippen molar-refractivity contribution in [2.75, 3.05) is 5.32 Å². The zero-order valence-electron chi connectivity index (χ0n) is 10.1. The normalized spacial score (nSPS) is 10.0. The van der Waals surface area contributed by atoms with Gasteiger partial charge in [-0.15, -0.1) is 0 Å². The summed E-state index contributed by atoms with van der Waals surface area (Å²) in [6, 6.07) is 9.12. The highest BCUT2D eigenvalue weighted by Crippen LogP contribution is 2.32. The van der Waals surface area contributed by atoms with Crippen molar-refractivity contribution in [2.45, 2.75) is 0 Å². The first-order chi connectivity index (χ1) is 9.49. The molecule has 0 heterocycles. The number of para-hydroxylation sites is 1. The van der Waals surface area contributed by atoms with Gasteiger partial charge in [0.05, 0.1) is 4.92 Å². The van der Waals surface area contributed by atoms with Crippen LogP contribution in [0.3, 0.4) is 0 Å². The van der Waals surface area contributed by atoms with Crippen molar-refractivity contribution in [1.29, 1.82) is 0 Å². The van der Waals surface area contributed by atoms with Gasteiger partial charge in [-0.25, -0.2) is 0 Å². The lowest BCUT2D eigenvalue weighted by molar-refractivity contribution is -0.384. The van der Waals surface area contributed by atoms with Crippen LogP contribution in [0.15, 0.2) is 42.5 Å². The Morgan fingerprint density at radius 3 is 2.30 bits per heavy atom. The largest absolute Gasteiger partial charge is 0.506 e. The van der Waals surface area contributed by atoms with Crippen LogP contribution >= 0.6 is 0 Å². The Morgan fingerprint density at radius 1 is 1.10 bits per heavy atom. The number of nitro benzene ring substituents is 1. The SMILES string of the molecule is O=C(Nc1c(O)cccc1O)c1cccc([N+](=O)[O-])c1. The number of carbonyl (C=O) groups is 1. The van der Waals surface area contributed by atoms with Crippen molar-refractivity contribution in [3.63, 3.8) is 0 Å². The molecule has 20 heavy (non-hydrogen) atoms. The van der Waals surface area contributed by atoms with Crippen molar-refractivity contribution in [3.8, 4) is 11.5 Å². The van der Waals surface area contributed by atoms with E-state index in [4.69, 9.17) is 0 Å². The van der Waals surface area contributed by atoms with Gasteiger partial charge in [0.2, 0.25) is 0 Å². The monoisotopic (exact) mass is 274 g/mol. The lowest BCUT2D eigenvalue weighted by Crippen LogP contribution is -2.12. The van der Waals surface area contributed by atoms with Gasteiger partial charge in [0.15, 0.2) is 0 Å². The zero-order chi connectivity index (χ0) is 14.7. The van der Waals surface area contributed by atoms with Crippen LogP contribution in [0.4, 0.5) is 11.4 Å². The number of carbonyl (C=O) groups excluding carboxylic acids is 1. The number of hydrogen-bond donors (Lipinski definition) is 3. The van der Waals surface area contributed by atoms with E-state index in [0.29, 0.717) is 0 Å². The van der Waals surface area contributed by atoms with E-state index in [2.05, 4.69) is 5.32 Å². The van der Waals surface area contributed by atoms with Gasteiger partial charge >= 0.3 is 0 Å². The van der Waals surface area contributed by atoms with E-state index in [0.717, 1.165) is 6.07 Å². The maximum absolute atomic E-state index is 11.9. The number of phenols is 2. The maximum Gasteiger partial charge on any atom is 0.270 e. The average molecular weight is 274 g/mol. The number of hydrogen-bond acceptors (Lipinski definition) is 5. The standard InChI is InChI=1S/C13H10N2O5/c16-10-5-2-6-11(17)12(10)14-13(18)8-3-1-4-9(7-8)15(19)20/h1-7,16-17H,(H,14,18). The van der Waals surface area contributed by atoms with E-state index in [1.54, 1.807) is 0 Å². The quantitative estimate of drug-likeness (QED) is 0.451. The van der Waals surface area contributed by atoms with Crippen LogP contribution in [-0.4, -0.2) is 21.0 Å². The summed E-state index contributed by atoms with van der Waals surface area (Å²) >= 11 is 0. The van der Waals surface area contributed by atoms with Gasteiger partial charge in [0.25, 0.3) is 11.6 Å². The number of amides is 1. The van der Waals surface area contributed by atoms with Gasteiger partial charge in [-0.2, -0.15) is 0 Å². The van der Waals surface area contributed by atoms with Crippen molar-refractivity contribution < 1.29 is 19.9 Å². The Balaban J connectivity index is 2.29. The number of anilines is 1. The molecule has 2 aromatic rings. The third-order valence-corrected chi connectivity index (χ3v) is 2.58. The van der Waals surface area contributed by atoms with Crippen LogP contribution in [0, 0.1) is 10.1 Å². The highest BCUT2D eigenvalue weighted by atomic mass is 16.6. The zero-order valence-corrected chi connectivity index (χ0v) is 10.1. The van der Waals surface area contributed by atoms with Crippen LogP contribution < -0.4 is 5.32 Å². The second kappa shape index (κ2) is 5.27. The number of phenolic OH excluding ortho intramolecular Hbond substituents is 2. The number of non-ortho nitro benzene ring substituents is 1. The lowest BCUT2D eigenvalue weighted by atomic mass is 10.2. The predicted octanol–water partition coefficient (Wildman–Crippen LogP) is 2.26. The molecule has 7 nitrogen and oxygen atoms in total. The number of benzene rings is 2. The number of rotatable bonds is 3. The van der Waals surface area contributed by atoms with Crippen molar-refractivity contribution in [2.24, 2.45) is 0 Å². The fourth-order valence-electron chi connectivity index (χ4n) is 1.60. The molecule has 0 unspecified atom stereocenters. The molecular weight excluding hydrogens is 264 g/mol. The molecule has 0 aliphatic carbocycles. The molecule has 1 amide bonds. The minimum Gasteiger partial charge on any atom is -0.506 e. The van der Waals surface area contributed by atoms with Crippen LogP contribution in [0.2, 0.25) is 0 Å². The molecule has 0 spiro atoms. The highest BCUT2D eigenvalue weighted by molar-refractivity contribution is 6.06. The number of nitrogens with zero attached hydrogens (tertiary/aromatic N) is 1. The van der Waals surface area contributed by atoms with Gasteiger partial charge in [-0.05, 0) is 18.2 Å². The Labute approximate surface area is 113 Å². The molecule has 2 rings (SSSR count). The van der Waals surface area contributed by atoms with Crippen LogP contribution in [0.5, 0.6) is 11.5 Å². The molecule has 0 aromatic heterocycles. The van der Waals surface area contributed by atoms with Crippen molar-refractivity contribution in [1.82, 2.24) is 0 Å². The average Bonchev–Trinajstić information content (AvgIpc) is 2.43. The third-order valence-electron chi connectivity index (χ3n) is 2.58. The Bertz CT molecular complexity index is 664. The minimum absolute atomic E-state index is 0.0434. The van der Waals surface area contributed by atoms with E-state index in [-0.39, 0.29) is 28.4 Å². The summed E-state index contributed by atoms with van der Waals surface area (Å²) in [7, 11) is 0. The lowest BCUT2D eigenvalue weighted by Gasteiger charge is -2.08. The number of aromatic hydroxyl groups is 2. The van der Waals surface area contributed by atoms with Crippen LogP contribution in [0.1, 0.15) is 10.4 Å². The summed E-state index contributed by atoms with van der Waals surface area (Å²) in [5.74, 6) is -1.28. The molecule has 0 aliphatic heterocycles. The second-order valence-corrected chi connectivity index (χ2v) is 3.93.